The minimum atomic E-state index is -4.51. The number of carbonyl (C=O) groups is 1. The predicted molar refractivity (Wildman–Crippen MR) is 89.1 cm³/mol. The van der Waals surface area contributed by atoms with Crippen LogP contribution in [0.25, 0.3) is 10.9 Å². The maximum Gasteiger partial charge on any atom is 0.418 e. The number of amides is 1. The summed E-state index contributed by atoms with van der Waals surface area (Å²) in [6.07, 6.45) is -2.72. The zero-order chi connectivity index (χ0) is 17.2. The van der Waals surface area contributed by atoms with Gasteiger partial charge >= 0.3 is 6.18 Å². The van der Waals surface area contributed by atoms with Crippen LogP contribution in [0, 0.1) is 0 Å². The van der Waals surface area contributed by atoms with Crippen molar-refractivity contribution in [2.24, 2.45) is 0 Å². The second-order valence-electron chi connectivity index (χ2n) is 5.08. The normalized spacial score (nSPS) is 11.6. The van der Waals surface area contributed by atoms with E-state index in [9.17, 15) is 18.0 Å². The van der Waals surface area contributed by atoms with E-state index in [4.69, 9.17) is 0 Å². The van der Waals surface area contributed by atoms with Crippen molar-refractivity contribution in [1.82, 2.24) is 4.98 Å². The third-order valence-electron chi connectivity index (χ3n) is 3.42. The molecule has 1 aromatic heterocycles. The van der Waals surface area contributed by atoms with Crippen LogP contribution in [-0.2, 0) is 11.0 Å². The number of benzene rings is 2. The third kappa shape index (κ3) is 3.56. The van der Waals surface area contributed by atoms with Gasteiger partial charge in [0.15, 0.2) is 0 Å². The Bertz CT molecular complexity index is 873. The standard InChI is InChI=1S/C17H13F3N2OS/c18-17(19,20)12-6-2-4-8-14(12)22-16(23)10-24-15-9-21-13-7-3-1-5-11(13)15/h1-9,21H,10H2,(H,22,23). The highest BCUT2D eigenvalue weighted by Crippen LogP contribution is 2.35. The molecule has 0 saturated carbocycles. The van der Waals surface area contributed by atoms with E-state index in [2.05, 4.69) is 10.3 Å². The van der Waals surface area contributed by atoms with Gasteiger partial charge in [0.05, 0.1) is 17.0 Å². The van der Waals surface area contributed by atoms with Gasteiger partial charge in [-0.15, -0.1) is 11.8 Å². The van der Waals surface area contributed by atoms with Gasteiger partial charge in [-0.3, -0.25) is 4.79 Å². The van der Waals surface area contributed by atoms with Gasteiger partial charge in [0.25, 0.3) is 0 Å². The number of rotatable bonds is 4. The van der Waals surface area contributed by atoms with Gasteiger partial charge < -0.3 is 10.3 Å². The van der Waals surface area contributed by atoms with E-state index in [1.807, 2.05) is 24.3 Å². The molecule has 0 bridgehead atoms. The van der Waals surface area contributed by atoms with Gasteiger partial charge in [0, 0.05) is 22.0 Å². The molecule has 0 aliphatic carbocycles. The van der Waals surface area contributed by atoms with Gasteiger partial charge in [-0.05, 0) is 18.2 Å². The Labute approximate surface area is 140 Å². The second-order valence-corrected chi connectivity index (χ2v) is 6.10. The highest BCUT2D eigenvalue weighted by molar-refractivity contribution is 8.00. The number of anilines is 1. The molecule has 1 heterocycles. The van der Waals surface area contributed by atoms with Crippen molar-refractivity contribution in [1.29, 1.82) is 0 Å². The number of fused-ring (bicyclic) bond motifs is 1. The Balaban J connectivity index is 1.69. The fraction of sp³-hybridized carbons (Fsp3) is 0.118. The molecule has 3 rings (SSSR count). The molecule has 124 valence electrons. The lowest BCUT2D eigenvalue weighted by molar-refractivity contribution is -0.137. The van der Waals surface area contributed by atoms with Crippen molar-refractivity contribution in [3.05, 3.63) is 60.3 Å². The Morgan fingerprint density at radius 1 is 1.08 bits per heavy atom. The lowest BCUT2D eigenvalue weighted by Crippen LogP contribution is -2.18. The van der Waals surface area contributed by atoms with E-state index in [0.717, 1.165) is 21.9 Å². The van der Waals surface area contributed by atoms with Crippen molar-refractivity contribution in [3.63, 3.8) is 0 Å². The SMILES string of the molecule is O=C(CSc1c[nH]c2ccccc12)Nc1ccccc1C(F)(F)F. The highest BCUT2D eigenvalue weighted by Gasteiger charge is 2.33. The molecule has 2 aromatic carbocycles. The number of nitrogens with one attached hydrogen (secondary N) is 2. The van der Waals surface area contributed by atoms with Crippen molar-refractivity contribution in [2.75, 3.05) is 11.1 Å². The van der Waals surface area contributed by atoms with Crippen LogP contribution in [0.5, 0.6) is 0 Å². The highest BCUT2D eigenvalue weighted by atomic mass is 32.2. The minimum Gasteiger partial charge on any atom is -0.360 e. The molecule has 0 atom stereocenters. The van der Waals surface area contributed by atoms with Crippen LogP contribution in [-0.4, -0.2) is 16.6 Å². The summed E-state index contributed by atoms with van der Waals surface area (Å²) in [7, 11) is 0. The van der Waals surface area contributed by atoms with Crippen molar-refractivity contribution < 1.29 is 18.0 Å². The monoisotopic (exact) mass is 350 g/mol. The quantitative estimate of drug-likeness (QED) is 0.656. The number of para-hydroxylation sites is 2. The third-order valence-corrected chi connectivity index (χ3v) is 4.47. The molecule has 0 spiro atoms. The maximum absolute atomic E-state index is 12.9. The number of halogens is 3. The maximum atomic E-state index is 12.9. The number of thioether (sulfide) groups is 1. The Hall–Kier alpha value is -2.41. The van der Waals surface area contributed by atoms with Gasteiger partial charge in [0.1, 0.15) is 0 Å². The molecule has 0 saturated heterocycles. The zero-order valence-electron chi connectivity index (χ0n) is 12.4. The Morgan fingerprint density at radius 3 is 2.58 bits per heavy atom. The number of hydrogen-bond acceptors (Lipinski definition) is 2. The van der Waals surface area contributed by atoms with Crippen LogP contribution in [0.15, 0.2) is 59.6 Å². The smallest absolute Gasteiger partial charge is 0.360 e. The summed E-state index contributed by atoms with van der Waals surface area (Å²) in [4.78, 5) is 16.0. The molecule has 0 aliphatic heterocycles. The van der Waals surface area contributed by atoms with E-state index >= 15 is 0 Å². The summed E-state index contributed by atoms with van der Waals surface area (Å²) in [5.74, 6) is -0.462. The first-order valence-electron chi connectivity index (χ1n) is 7.10. The lowest BCUT2D eigenvalue weighted by Gasteiger charge is -2.13. The number of hydrogen-bond donors (Lipinski definition) is 2. The van der Waals surface area contributed by atoms with Crippen LogP contribution < -0.4 is 5.32 Å². The Kier molecular flexibility index (Phi) is 4.53. The molecule has 0 unspecified atom stereocenters. The van der Waals surface area contributed by atoms with Crippen LogP contribution in [0.3, 0.4) is 0 Å². The molecule has 3 aromatic rings. The fourth-order valence-corrected chi connectivity index (χ4v) is 3.17. The summed E-state index contributed by atoms with van der Waals surface area (Å²) in [5.41, 5.74) is -0.132. The summed E-state index contributed by atoms with van der Waals surface area (Å²) in [6, 6.07) is 12.6. The fourth-order valence-electron chi connectivity index (χ4n) is 2.33. The molecular weight excluding hydrogens is 337 g/mol. The van der Waals surface area contributed by atoms with E-state index in [-0.39, 0.29) is 11.4 Å². The van der Waals surface area contributed by atoms with E-state index < -0.39 is 17.6 Å². The summed E-state index contributed by atoms with van der Waals surface area (Å²) in [6.45, 7) is 0. The topological polar surface area (TPSA) is 44.9 Å². The molecule has 0 radical (unpaired) electrons. The average molecular weight is 350 g/mol. The lowest BCUT2D eigenvalue weighted by atomic mass is 10.1. The van der Waals surface area contributed by atoms with Crippen LogP contribution in [0.2, 0.25) is 0 Å². The number of alkyl halides is 3. The molecule has 0 fully saturated rings. The molecule has 24 heavy (non-hydrogen) atoms. The predicted octanol–water partition coefficient (Wildman–Crippen LogP) is 4.92. The molecule has 2 N–H and O–H groups in total. The van der Waals surface area contributed by atoms with E-state index in [1.54, 1.807) is 6.20 Å². The van der Waals surface area contributed by atoms with E-state index in [0.29, 0.717) is 0 Å². The van der Waals surface area contributed by atoms with Crippen LogP contribution in [0.4, 0.5) is 18.9 Å². The number of aromatic amines is 1. The van der Waals surface area contributed by atoms with Crippen molar-refractivity contribution in [3.8, 4) is 0 Å². The van der Waals surface area contributed by atoms with Gasteiger partial charge in [-0.1, -0.05) is 30.3 Å². The number of aromatic nitrogens is 1. The summed E-state index contributed by atoms with van der Waals surface area (Å²) in [5, 5.41) is 3.32. The molecule has 3 nitrogen and oxygen atoms in total. The molecular formula is C17H13F3N2OS. The second kappa shape index (κ2) is 6.60. The molecule has 7 heteroatoms. The first kappa shape index (κ1) is 16.4. The molecule has 1 amide bonds. The van der Waals surface area contributed by atoms with Crippen molar-refractivity contribution >= 4 is 34.3 Å². The van der Waals surface area contributed by atoms with Gasteiger partial charge in [-0.25, -0.2) is 0 Å². The largest absolute Gasteiger partial charge is 0.418 e. The number of carbonyl (C=O) groups excluding carboxylic acids is 1. The van der Waals surface area contributed by atoms with Crippen molar-refractivity contribution in [2.45, 2.75) is 11.1 Å². The summed E-state index contributed by atoms with van der Waals surface area (Å²) < 4.78 is 38.8. The zero-order valence-corrected chi connectivity index (χ0v) is 13.2. The molecule has 0 aliphatic rings. The first-order chi connectivity index (χ1) is 11.4. The summed E-state index contributed by atoms with van der Waals surface area (Å²) >= 11 is 1.27. The first-order valence-corrected chi connectivity index (χ1v) is 8.09. The van der Waals surface area contributed by atoms with E-state index in [1.165, 1.54) is 30.0 Å². The average Bonchev–Trinajstić information content (AvgIpc) is 2.96. The number of H-pyrrole nitrogens is 1. The van der Waals surface area contributed by atoms with Gasteiger partial charge in [0.2, 0.25) is 5.91 Å². The minimum absolute atomic E-state index is 0.0219. The van der Waals surface area contributed by atoms with Crippen LogP contribution in [0.1, 0.15) is 5.56 Å². The van der Waals surface area contributed by atoms with Crippen LogP contribution >= 0.6 is 11.8 Å². The Morgan fingerprint density at radius 2 is 1.79 bits per heavy atom. The van der Waals surface area contributed by atoms with Gasteiger partial charge in [-0.2, -0.15) is 13.2 Å².